The van der Waals surface area contributed by atoms with Crippen LogP contribution in [0.25, 0.3) is 11.1 Å². The summed E-state index contributed by atoms with van der Waals surface area (Å²) < 4.78 is 0.965. The Bertz CT molecular complexity index is 822. The summed E-state index contributed by atoms with van der Waals surface area (Å²) in [7, 11) is 0. The summed E-state index contributed by atoms with van der Waals surface area (Å²) in [4.78, 5) is 12.9. The van der Waals surface area contributed by atoms with Crippen molar-refractivity contribution >= 4 is 21.7 Å². The number of halogens is 1. The molecule has 0 fully saturated rings. The maximum atomic E-state index is 12.9. The molecule has 0 radical (unpaired) electrons. The van der Waals surface area contributed by atoms with Crippen molar-refractivity contribution in [3.63, 3.8) is 0 Å². The molecule has 0 spiro atoms. The number of carbonyl (C=O) groups excluding carboxylic acids is 1. The molecule has 3 aromatic carbocycles. The quantitative estimate of drug-likeness (QED) is 0.557. The Labute approximate surface area is 138 Å². The van der Waals surface area contributed by atoms with E-state index in [0.717, 1.165) is 32.3 Å². The van der Waals surface area contributed by atoms with Crippen LogP contribution in [0, 0.1) is 6.92 Å². The molecule has 22 heavy (non-hydrogen) atoms. The van der Waals surface area contributed by atoms with Gasteiger partial charge in [-0.3, -0.25) is 4.79 Å². The van der Waals surface area contributed by atoms with Crippen LogP contribution in [-0.2, 0) is 0 Å². The summed E-state index contributed by atoms with van der Waals surface area (Å²) in [5.41, 5.74) is 4.52. The van der Waals surface area contributed by atoms with Crippen LogP contribution in [0.5, 0.6) is 0 Å². The van der Waals surface area contributed by atoms with Gasteiger partial charge in [0.2, 0.25) is 0 Å². The second-order valence-corrected chi connectivity index (χ2v) is 6.17. The lowest BCUT2D eigenvalue weighted by Gasteiger charge is -2.10. The molecule has 0 amide bonds. The van der Waals surface area contributed by atoms with Crippen LogP contribution < -0.4 is 0 Å². The number of ketones is 1. The minimum atomic E-state index is 0.0510. The van der Waals surface area contributed by atoms with Gasteiger partial charge >= 0.3 is 0 Å². The van der Waals surface area contributed by atoms with E-state index < -0.39 is 0 Å². The van der Waals surface area contributed by atoms with E-state index in [1.165, 1.54) is 0 Å². The number of hydrogen-bond acceptors (Lipinski definition) is 1. The first kappa shape index (κ1) is 14.7. The number of aryl methyl sites for hydroxylation is 1. The van der Waals surface area contributed by atoms with E-state index in [-0.39, 0.29) is 5.78 Å². The minimum absolute atomic E-state index is 0.0510. The van der Waals surface area contributed by atoms with Crippen molar-refractivity contribution < 1.29 is 4.79 Å². The fourth-order valence-corrected chi connectivity index (χ4v) is 2.87. The molecule has 2 heteroatoms. The highest BCUT2D eigenvalue weighted by Gasteiger charge is 2.15. The molecular weight excluding hydrogens is 336 g/mol. The highest BCUT2D eigenvalue weighted by molar-refractivity contribution is 9.10. The van der Waals surface area contributed by atoms with Crippen molar-refractivity contribution in [3.8, 4) is 11.1 Å². The Kier molecular flexibility index (Phi) is 4.21. The zero-order valence-electron chi connectivity index (χ0n) is 12.2. The summed E-state index contributed by atoms with van der Waals surface area (Å²) in [5, 5.41) is 0. The van der Waals surface area contributed by atoms with Gasteiger partial charge < -0.3 is 0 Å². The molecule has 0 aliphatic carbocycles. The van der Waals surface area contributed by atoms with E-state index in [9.17, 15) is 4.79 Å². The maximum Gasteiger partial charge on any atom is 0.193 e. The number of benzene rings is 3. The molecule has 0 aliphatic rings. The smallest absolute Gasteiger partial charge is 0.193 e. The van der Waals surface area contributed by atoms with E-state index in [0.29, 0.717) is 0 Å². The van der Waals surface area contributed by atoms with Crippen molar-refractivity contribution in [3.05, 3.63) is 94.0 Å². The number of carbonyl (C=O) groups is 1. The first-order valence-electron chi connectivity index (χ1n) is 7.11. The molecule has 108 valence electrons. The monoisotopic (exact) mass is 350 g/mol. The van der Waals surface area contributed by atoms with E-state index in [4.69, 9.17) is 0 Å². The molecule has 0 saturated carbocycles. The third kappa shape index (κ3) is 3.02. The van der Waals surface area contributed by atoms with Crippen LogP contribution in [0.4, 0.5) is 0 Å². The van der Waals surface area contributed by atoms with Gasteiger partial charge in [-0.15, -0.1) is 0 Å². The van der Waals surface area contributed by atoms with E-state index in [2.05, 4.69) is 15.9 Å². The lowest BCUT2D eigenvalue weighted by atomic mass is 9.93. The van der Waals surface area contributed by atoms with Gasteiger partial charge in [-0.2, -0.15) is 0 Å². The zero-order valence-corrected chi connectivity index (χ0v) is 13.8. The molecule has 0 aliphatic heterocycles. The zero-order chi connectivity index (χ0) is 15.5. The van der Waals surface area contributed by atoms with Crippen LogP contribution in [0.15, 0.2) is 77.3 Å². The average molecular weight is 351 g/mol. The molecule has 0 saturated heterocycles. The van der Waals surface area contributed by atoms with Gasteiger partial charge in [0.1, 0.15) is 0 Å². The van der Waals surface area contributed by atoms with Crippen molar-refractivity contribution in [1.29, 1.82) is 0 Å². The highest BCUT2D eigenvalue weighted by atomic mass is 79.9. The Balaban J connectivity index is 2.13. The fourth-order valence-electron chi connectivity index (χ4n) is 2.51. The van der Waals surface area contributed by atoms with E-state index >= 15 is 0 Å². The Morgan fingerprint density at radius 3 is 2.36 bits per heavy atom. The van der Waals surface area contributed by atoms with Gasteiger partial charge in [-0.1, -0.05) is 70.0 Å². The fraction of sp³-hybridized carbons (Fsp3) is 0.0500. The molecule has 0 aromatic heterocycles. The largest absolute Gasteiger partial charge is 0.289 e. The second kappa shape index (κ2) is 6.29. The number of rotatable bonds is 3. The van der Waals surface area contributed by atoms with Gasteiger partial charge in [0.15, 0.2) is 5.78 Å². The van der Waals surface area contributed by atoms with Crippen molar-refractivity contribution in [2.75, 3.05) is 0 Å². The average Bonchev–Trinajstić information content (AvgIpc) is 2.55. The Morgan fingerprint density at radius 2 is 1.64 bits per heavy atom. The molecule has 0 atom stereocenters. The van der Waals surface area contributed by atoms with Crippen LogP contribution in [0.3, 0.4) is 0 Å². The molecule has 3 aromatic rings. The topological polar surface area (TPSA) is 17.1 Å². The first-order chi connectivity index (χ1) is 10.6. The van der Waals surface area contributed by atoms with Crippen LogP contribution in [0.1, 0.15) is 21.5 Å². The Morgan fingerprint density at radius 1 is 0.864 bits per heavy atom. The normalized spacial score (nSPS) is 10.5. The van der Waals surface area contributed by atoms with Crippen LogP contribution in [0.2, 0.25) is 0 Å². The van der Waals surface area contributed by atoms with Crippen LogP contribution >= 0.6 is 15.9 Å². The Hall–Kier alpha value is -2.19. The van der Waals surface area contributed by atoms with Crippen molar-refractivity contribution in [2.45, 2.75) is 6.92 Å². The molecular formula is C20H15BrO. The molecule has 0 bridgehead atoms. The standard InChI is InChI=1S/C20H15BrO/c1-14-6-5-9-16(12-14)20(22)18-11-10-17(21)13-19(18)15-7-3-2-4-8-15/h2-13H,1H3. The third-order valence-electron chi connectivity index (χ3n) is 3.59. The maximum absolute atomic E-state index is 12.9. The van der Waals surface area contributed by atoms with E-state index in [1.54, 1.807) is 0 Å². The lowest BCUT2D eigenvalue weighted by molar-refractivity contribution is 0.103. The predicted molar refractivity (Wildman–Crippen MR) is 94.2 cm³/mol. The summed E-state index contributed by atoms with van der Waals surface area (Å²) in [6.07, 6.45) is 0. The molecule has 1 nitrogen and oxygen atoms in total. The van der Waals surface area contributed by atoms with Crippen molar-refractivity contribution in [2.24, 2.45) is 0 Å². The van der Waals surface area contributed by atoms with E-state index in [1.807, 2.05) is 79.7 Å². The van der Waals surface area contributed by atoms with Crippen LogP contribution in [-0.4, -0.2) is 5.78 Å². The van der Waals surface area contributed by atoms with Crippen molar-refractivity contribution in [1.82, 2.24) is 0 Å². The summed E-state index contributed by atoms with van der Waals surface area (Å²) in [6, 6.07) is 23.5. The number of hydrogen-bond donors (Lipinski definition) is 0. The summed E-state index contributed by atoms with van der Waals surface area (Å²) in [6.45, 7) is 2.00. The predicted octanol–water partition coefficient (Wildman–Crippen LogP) is 5.66. The van der Waals surface area contributed by atoms with Gasteiger partial charge in [0, 0.05) is 15.6 Å². The third-order valence-corrected chi connectivity index (χ3v) is 4.08. The second-order valence-electron chi connectivity index (χ2n) is 5.25. The minimum Gasteiger partial charge on any atom is -0.289 e. The molecule has 0 N–H and O–H groups in total. The molecule has 0 unspecified atom stereocenters. The van der Waals surface area contributed by atoms with Gasteiger partial charge in [-0.25, -0.2) is 0 Å². The van der Waals surface area contributed by atoms with Gasteiger partial charge in [-0.05, 0) is 42.3 Å². The lowest BCUT2D eigenvalue weighted by Crippen LogP contribution is -2.04. The van der Waals surface area contributed by atoms with Gasteiger partial charge in [0.05, 0.1) is 0 Å². The molecule has 3 rings (SSSR count). The first-order valence-corrected chi connectivity index (χ1v) is 7.91. The summed E-state index contributed by atoms with van der Waals surface area (Å²) in [5.74, 6) is 0.0510. The SMILES string of the molecule is Cc1cccc(C(=O)c2ccc(Br)cc2-c2ccccc2)c1. The van der Waals surface area contributed by atoms with Gasteiger partial charge in [0.25, 0.3) is 0 Å². The summed E-state index contributed by atoms with van der Waals surface area (Å²) >= 11 is 3.50. The molecule has 0 heterocycles. The highest BCUT2D eigenvalue weighted by Crippen LogP contribution is 2.29.